The maximum Gasteiger partial charge on any atom is 0.277 e. The van der Waals surface area contributed by atoms with Crippen LogP contribution in [0.3, 0.4) is 0 Å². The number of carbonyl (C=O) groups excluding carboxylic acids is 1. The number of ether oxygens (including phenoxy) is 1. The summed E-state index contributed by atoms with van der Waals surface area (Å²) in [6.07, 6.45) is 0.625. The van der Waals surface area contributed by atoms with Crippen molar-refractivity contribution in [2.45, 2.75) is 12.5 Å². The fourth-order valence-corrected chi connectivity index (χ4v) is 3.56. The van der Waals surface area contributed by atoms with Gasteiger partial charge in [0.2, 0.25) is 5.95 Å². The number of benzene rings is 2. The first-order valence-electron chi connectivity index (χ1n) is 9.60. The summed E-state index contributed by atoms with van der Waals surface area (Å²) in [5.41, 5.74) is 5.96. The highest BCUT2D eigenvalue weighted by Gasteiger charge is 2.31. The Morgan fingerprint density at radius 1 is 1.26 bits per heavy atom. The molecule has 0 bridgehead atoms. The van der Waals surface area contributed by atoms with E-state index in [1.165, 1.54) is 24.1 Å². The van der Waals surface area contributed by atoms with Gasteiger partial charge in [0, 0.05) is 24.7 Å². The first kappa shape index (κ1) is 20.5. The summed E-state index contributed by atoms with van der Waals surface area (Å²) in [6.45, 7) is 0.726. The van der Waals surface area contributed by atoms with Gasteiger partial charge in [-0.1, -0.05) is 0 Å². The van der Waals surface area contributed by atoms with Crippen molar-refractivity contribution in [3.05, 3.63) is 65.5 Å². The van der Waals surface area contributed by atoms with Gasteiger partial charge in [-0.3, -0.25) is 9.36 Å². The maximum absolute atomic E-state index is 15.5. The molecule has 1 atom stereocenters. The third-order valence-corrected chi connectivity index (χ3v) is 5.21. The van der Waals surface area contributed by atoms with Crippen molar-refractivity contribution in [1.82, 2.24) is 14.5 Å². The number of methoxy groups -OCH3 is 1. The zero-order valence-corrected chi connectivity index (χ0v) is 16.7. The Balaban J connectivity index is 1.86. The Morgan fingerprint density at radius 2 is 2.00 bits per heavy atom. The molecule has 158 valence electrons. The van der Waals surface area contributed by atoms with Crippen molar-refractivity contribution in [2.24, 2.45) is 5.73 Å². The lowest BCUT2D eigenvalue weighted by molar-refractivity contribution is 0.0780. The molecule has 7 nitrogen and oxygen atoms in total. The number of halogens is 2. The molecule has 2 N–H and O–H groups in total. The van der Waals surface area contributed by atoms with Gasteiger partial charge in [0.1, 0.15) is 23.5 Å². The largest absolute Gasteiger partial charge is 0.497 e. The number of nitriles is 1. The number of carbonyl (C=O) groups is 1. The van der Waals surface area contributed by atoms with E-state index in [0.717, 1.165) is 10.6 Å². The minimum atomic E-state index is -0.865. The Bertz CT molecular complexity index is 1180. The summed E-state index contributed by atoms with van der Waals surface area (Å²) in [4.78, 5) is 18.6. The average molecular weight is 423 g/mol. The van der Waals surface area contributed by atoms with E-state index in [0.29, 0.717) is 30.9 Å². The second kappa shape index (κ2) is 8.16. The van der Waals surface area contributed by atoms with Crippen LogP contribution in [-0.4, -0.2) is 46.6 Å². The first-order chi connectivity index (χ1) is 14.9. The number of aromatic nitrogens is 2. The molecule has 1 saturated heterocycles. The van der Waals surface area contributed by atoms with Gasteiger partial charge >= 0.3 is 0 Å². The number of nitrogens with zero attached hydrogens (tertiary/aromatic N) is 4. The molecule has 1 aliphatic heterocycles. The number of hydrogen-bond acceptors (Lipinski definition) is 5. The van der Waals surface area contributed by atoms with E-state index in [1.807, 2.05) is 0 Å². The molecule has 31 heavy (non-hydrogen) atoms. The minimum Gasteiger partial charge on any atom is -0.497 e. The lowest BCUT2D eigenvalue weighted by Crippen LogP contribution is -2.32. The molecule has 2 heterocycles. The Hall–Kier alpha value is -3.77. The normalized spacial score (nSPS) is 15.7. The highest BCUT2D eigenvalue weighted by molar-refractivity contribution is 5.93. The van der Waals surface area contributed by atoms with Crippen LogP contribution in [0.15, 0.2) is 42.5 Å². The number of likely N-dealkylation sites (tertiary alicyclic amines) is 1. The summed E-state index contributed by atoms with van der Waals surface area (Å²) < 4.78 is 36.1. The molecular weight excluding hydrogens is 404 g/mol. The van der Waals surface area contributed by atoms with Gasteiger partial charge in [-0.2, -0.15) is 9.65 Å². The van der Waals surface area contributed by atoms with Gasteiger partial charge in [0.05, 0.1) is 18.4 Å². The van der Waals surface area contributed by atoms with Crippen LogP contribution in [0, 0.1) is 23.1 Å². The van der Waals surface area contributed by atoms with Crippen LogP contribution >= 0.6 is 0 Å². The lowest BCUT2D eigenvalue weighted by Gasteiger charge is -2.14. The van der Waals surface area contributed by atoms with Crippen LogP contribution in [0.5, 0.6) is 5.75 Å². The fourth-order valence-electron chi connectivity index (χ4n) is 3.56. The number of amides is 1. The standard InChI is InChI=1S/C22H19F2N5O2/c1-31-17-6-4-16(5-7-17)29-20(24)19(22(30)28-9-8-15(26)12-28)27-21(29)13-2-3-14(11-25)18(23)10-13/h2-7,10,15H,8-9,12,26H2,1H3/t15-/m1/s1. The van der Waals surface area contributed by atoms with Crippen molar-refractivity contribution in [2.75, 3.05) is 20.2 Å². The molecule has 1 fully saturated rings. The van der Waals surface area contributed by atoms with Gasteiger partial charge in [-0.05, 0) is 48.9 Å². The van der Waals surface area contributed by atoms with Crippen LogP contribution in [0.1, 0.15) is 22.5 Å². The number of rotatable bonds is 4. The second-order valence-electron chi connectivity index (χ2n) is 7.21. The molecule has 0 aliphatic carbocycles. The third-order valence-electron chi connectivity index (χ3n) is 5.21. The summed E-state index contributed by atoms with van der Waals surface area (Å²) in [6, 6.07) is 11.9. The van der Waals surface area contributed by atoms with E-state index in [2.05, 4.69) is 4.98 Å². The van der Waals surface area contributed by atoms with E-state index < -0.39 is 17.7 Å². The van der Waals surface area contributed by atoms with Gasteiger partial charge in [0.15, 0.2) is 5.69 Å². The Morgan fingerprint density at radius 3 is 2.58 bits per heavy atom. The molecular formula is C22H19F2N5O2. The first-order valence-corrected chi connectivity index (χ1v) is 9.60. The van der Waals surface area contributed by atoms with Gasteiger partial charge in [0.25, 0.3) is 5.91 Å². The van der Waals surface area contributed by atoms with Crippen molar-refractivity contribution in [3.63, 3.8) is 0 Å². The van der Waals surface area contributed by atoms with Gasteiger partial charge < -0.3 is 15.4 Å². The highest BCUT2D eigenvalue weighted by Crippen LogP contribution is 2.29. The smallest absolute Gasteiger partial charge is 0.277 e. The second-order valence-corrected chi connectivity index (χ2v) is 7.21. The predicted molar refractivity (Wildman–Crippen MR) is 109 cm³/mol. The molecule has 2 aromatic carbocycles. The third kappa shape index (κ3) is 3.73. The number of nitrogens with two attached hydrogens (primary N) is 1. The van der Waals surface area contributed by atoms with Crippen molar-refractivity contribution >= 4 is 5.91 Å². The van der Waals surface area contributed by atoms with E-state index in [1.54, 1.807) is 30.3 Å². The molecule has 0 unspecified atom stereocenters. The number of imidazole rings is 1. The van der Waals surface area contributed by atoms with Gasteiger partial charge in [-0.25, -0.2) is 9.37 Å². The van der Waals surface area contributed by atoms with Crippen LogP contribution in [0.25, 0.3) is 17.1 Å². The molecule has 9 heteroatoms. The van der Waals surface area contributed by atoms with Crippen LogP contribution in [0.4, 0.5) is 8.78 Å². The summed E-state index contributed by atoms with van der Waals surface area (Å²) in [5.74, 6) is -1.60. The van der Waals surface area contributed by atoms with E-state index in [9.17, 15) is 9.18 Å². The SMILES string of the molecule is COc1ccc(-n2c(-c3ccc(C#N)c(F)c3)nc(C(=O)N3CC[C@@H](N)C3)c2F)cc1. The topological polar surface area (TPSA) is 97.2 Å². The van der Waals surface area contributed by atoms with E-state index in [-0.39, 0.29) is 28.7 Å². The van der Waals surface area contributed by atoms with E-state index in [4.69, 9.17) is 15.7 Å². The molecule has 0 spiro atoms. The summed E-state index contributed by atoms with van der Waals surface area (Å²) in [5, 5.41) is 8.98. The summed E-state index contributed by atoms with van der Waals surface area (Å²) >= 11 is 0. The van der Waals surface area contributed by atoms with Crippen LogP contribution < -0.4 is 10.5 Å². The van der Waals surface area contributed by atoms with Crippen molar-refractivity contribution < 1.29 is 18.3 Å². The quantitative estimate of drug-likeness (QED) is 0.696. The molecule has 4 rings (SSSR count). The Labute approximate surface area is 177 Å². The average Bonchev–Trinajstić information content (AvgIpc) is 3.36. The monoisotopic (exact) mass is 423 g/mol. The fraction of sp³-hybridized carbons (Fsp3) is 0.227. The zero-order valence-electron chi connectivity index (χ0n) is 16.7. The molecule has 1 aliphatic rings. The Kier molecular flexibility index (Phi) is 5.40. The minimum absolute atomic E-state index is 0.0397. The van der Waals surface area contributed by atoms with Crippen LogP contribution in [-0.2, 0) is 0 Å². The van der Waals surface area contributed by atoms with E-state index >= 15 is 4.39 Å². The molecule has 1 amide bonds. The van der Waals surface area contributed by atoms with Crippen molar-refractivity contribution in [1.29, 1.82) is 5.26 Å². The lowest BCUT2D eigenvalue weighted by atomic mass is 10.1. The molecule has 1 aromatic heterocycles. The maximum atomic E-state index is 15.5. The number of hydrogen-bond donors (Lipinski definition) is 1. The van der Waals surface area contributed by atoms with Crippen LogP contribution in [0.2, 0.25) is 0 Å². The van der Waals surface area contributed by atoms with Crippen molar-refractivity contribution in [3.8, 4) is 28.9 Å². The summed E-state index contributed by atoms with van der Waals surface area (Å²) in [7, 11) is 1.51. The highest BCUT2D eigenvalue weighted by atomic mass is 19.1. The zero-order chi connectivity index (χ0) is 22.1. The molecule has 0 saturated carbocycles. The molecule has 3 aromatic rings. The van der Waals surface area contributed by atoms with Gasteiger partial charge in [-0.15, -0.1) is 0 Å². The molecule has 0 radical (unpaired) electrons. The predicted octanol–water partition coefficient (Wildman–Crippen LogP) is 2.87.